The van der Waals surface area contributed by atoms with Crippen molar-refractivity contribution in [2.75, 3.05) is 32.0 Å². The summed E-state index contributed by atoms with van der Waals surface area (Å²) < 4.78 is 0. The molecule has 1 saturated heterocycles. The van der Waals surface area contributed by atoms with Gasteiger partial charge in [-0.2, -0.15) is 0 Å². The van der Waals surface area contributed by atoms with Gasteiger partial charge in [0.05, 0.1) is 0 Å². The maximum atomic E-state index is 11.9. The molecule has 1 unspecified atom stereocenters. The summed E-state index contributed by atoms with van der Waals surface area (Å²) in [6.07, 6.45) is 0. The Balaban J connectivity index is 2.07. The molecule has 1 fully saturated rings. The first-order valence-electron chi connectivity index (χ1n) is 6.28. The highest BCUT2D eigenvalue weighted by Gasteiger charge is 2.31. The van der Waals surface area contributed by atoms with E-state index in [0.717, 1.165) is 5.33 Å². The number of piperazine rings is 1. The van der Waals surface area contributed by atoms with Crippen molar-refractivity contribution in [3.63, 3.8) is 0 Å². The number of alkyl halides is 1. The fourth-order valence-corrected chi connectivity index (χ4v) is 2.76. The van der Waals surface area contributed by atoms with Gasteiger partial charge in [-0.05, 0) is 5.56 Å². The predicted octanol–water partition coefficient (Wildman–Crippen LogP) is 1.47. The average Bonchev–Trinajstić information content (AvgIpc) is 2.45. The monoisotopic (exact) mass is 324 g/mol. The molecule has 0 bridgehead atoms. The van der Waals surface area contributed by atoms with Gasteiger partial charge in [0.2, 0.25) is 0 Å². The van der Waals surface area contributed by atoms with E-state index in [1.54, 1.807) is 11.9 Å². The molecule has 1 aliphatic rings. The van der Waals surface area contributed by atoms with E-state index in [4.69, 9.17) is 0 Å². The second kappa shape index (κ2) is 6.19. The Morgan fingerprint density at radius 1 is 1.16 bits per heavy atom. The van der Waals surface area contributed by atoms with Gasteiger partial charge in [0, 0.05) is 37.9 Å². The first kappa shape index (κ1) is 14.1. The number of nitrogens with zero attached hydrogens (tertiary/aromatic N) is 2. The Kier molecular flexibility index (Phi) is 4.58. The van der Waals surface area contributed by atoms with Crippen LogP contribution in [0, 0.1) is 0 Å². The Morgan fingerprint density at radius 2 is 1.84 bits per heavy atom. The van der Waals surface area contributed by atoms with E-state index in [1.165, 1.54) is 10.5 Å². The third-order valence-corrected chi connectivity index (χ3v) is 4.20. The SMILES string of the molecule is CN1CCN(CC(CBr)c2ccccc2)C(=O)C1=O. The lowest BCUT2D eigenvalue weighted by molar-refractivity contribution is -0.155. The van der Waals surface area contributed by atoms with Crippen molar-refractivity contribution < 1.29 is 9.59 Å². The largest absolute Gasteiger partial charge is 0.336 e. The predicted molar refractivity (Wildman–Crippen MR) is 77.2 cm³/mol. The second-order valence-corrected chi connectivity index (χ2v) is 5.39. The molecule has 0 spiro atoms. The van der Waals surface area contributed by atoms with Crippen LogP contribution in [0.25, 0.3) is 0 Å². The van der Waals surface area contributed by atoms with E-state index >= 15 is 0 Å². The van der Waals surface area contributed by atoms with E-state index in [-0.39, 0.29) is 5.92 Å². The Bertz CT molecular complexity index is 464. The third kappa shape index (κ3) is 3.15. The first-order chi connectivity index (χ1) is 9.13. The Hall–Kier alpha value is -1.36. The number of carbonyl (C=O) groups excluding carboxylic acids is 2. The molecule has 0 aliphatic carbocycles. The van der Waals surface area contributed by atoms with E-state index in [9.17, 15) is 9.59 Å². The van der Waals surface area contributed by atoms with Crippen LogP contribution in [0.1, 0.15) is 11.5 Å². The van der Waals surface area contributed by atoms with Gasteiger partial charge >= 0.3 is 11.8 Å². The third-order valence-electron chi connectivity index (χ3n) is 3.42. The Labute approximate surface area is 121 Å². The van der Waals surface area contributed by atoms with E-state index in [0.29, 0.717) is 19.6 Å². The topological polar surface area (TPSA) is 40.6 Å². The maximum absolute atomic E-state index is 11.9. The zero-order chi connectivity index (χ0) is 13.8. The highest BCUT2D eigenvalue weighted by molar-refractivity contribution is 9.09. The van der Waals surface area contributed by atoms with Crippen LogP contribution < -0.4 is 0 Å². The number of halogens is 1. The van der Waals surface area contributed by atoms with Crippen molar-refractivity contribution in [3.05, 3.63) is 35.9 Å². The number of amides is 2. The molecule has 5 heteroatoms. The van der Waals surface area contributed by atoms with Gasteiger partial charge in [0.25, 0.3) is 0 Å². The molecule has 1 heterocycles. The normalized spacial score (nSPS) is 17.8. The summed E-state index contributed by atoms with van der Waals surface area (Å²) >= 11 is 3.49. The molecule has 1 atom stereocenters. The number of rotatable bonds is 4. The summed E-state index contributed by atoms with van der Waals surface area (Å²) in [5.41, 5.74) is 1.18. The van der Waals surface area contributed by atoms with Crippen LogP contribution >= 0.6 is 15.9 Å². The minimum Gasteiger partial charge on any atom is -0.336 e. The fraction of sp³-hybridized carbons (Fsp3) is 0.429. The standard InChI is InChI=1S/C14H17BrN2O2/c1-16-7-8-17(14(19)13(16)18)10-12(9-15)11-5-3-2-4-6-11/h2-6,12H,7-10H2,1H3. The molecular weight excluding hydrogens is 308 g/mol. The molecule has 19 heavy (non-hydrogen) atoms. The van der Waals surface area contributed by atoms with Crippen molar-refractivity contribution in [1.29, 1.82) is 0 Å². The van der Waals surface area contributed by atoms with Crippen molar-refractivity contribution in [3.8, 4) is 0 Å². The minimum atomic E-state index is -0.410. The molecule has 2 amide bonds. The van der Waals surface area contributed by atoms with Gasteiger partial charge < -0.3 is 9.80 Å². The summed E-state index contributed by atoms with van der Waals surface area (Å²) in [5.74, 6) is -0.593. The van der Waals surface area contributed by atoms with Gasteiger partial charge in [0.15, 0.2) is 0 Å². The summed E-state index contributed by atoms with van der Waals surface area (Å²) in [4.78, 5) is 26.7. The molecule has 1 aromatic rings. The summed E-state index contributed by atoms with van der Waals surface area (Å²) in [6.45, 7) is 1.79. The van der Waals surface area contributed by atoms with Gasteiger partial charge in [-0.15, -0.1) is 0 Å². The van der Waals surface area contributed by atoms with E-state index in [2.05, 4.69) is 15.9 Å². The minimum absolute atomic E-state index is 0.210. The molecule has 1 aliphatic heterocycles. The Morgan fingerprint density at radius 3 is 2.47 bits per heavy atom. The lowest BCUT2D eigenvalue weighted by atomic mass is 10.0. The van der Waals surface area contributed by atoms with E-state index < -0.39 is 11.8 Å². The fourth-order valence-electron chi connectivity index (χ4n) is 2.18. The number of likely N-dealkylation sites (N-methyl/N-ethyl adjacent to an activating group) is 1. The molecular formula is C14H17BrN2O2. The zero-order valence-electron chi connectivity index (χ0n) is 10.9. The van der Waals surface area contributed by atoms with Gasteiger partial charge in [0.1, 0.15) is 0 Å². The van der Waals surface area contributed by atoms with Crippen molar-refractivity contribution in [1.82, 2.24) is 9.80 Å². The van der Waals surface area contributed by atoms with Crippen molar-refractivity contribution in [2.45, 2.75) is 5.92 Å². The number of hydrogen-bond donors (Lipinski definition) is 0. The molecule has 0 aromatic heterocycles. The molecule has 1 aromatic carbocycles. The summed E-state index contributed by atoms with van der Waals surface area (Å²) in [6, 6.07) is 10.0. The first-order valence-corrected chi connectivity index (χ1v) is 7.41. The van der Waals surface area contributed by atoms with Crippen LogP contribution in [0.2, 0.25) is 0 Å². The summed E-state index contributed by atoms with van der Waals surface area (Å²) in [5, 5.41) is 0.769. The number of benzene rings is 1. The van der Waals surface area contributed by atoms with Crippen molar-refractivity contribution >= 4 is 27.7 Å². The second-order valence-electron chi connectivity index (χ2n) is 4.74. The van der Waals surface area contributed by atoms with Crippen molar-refractivity contribution in [2.24, 2.45) is 0 Å². The van der Waals surface area contributed by atoms with Crippen LogP contribution in [0.15, 0.2) is 30.3 Å². The lowest BCUT2D eigenvalue weighted by Gasteiger charge is -2.33. The highest BCUT2D eigenvalue weighted by Crippen LogP contribution is 2.20. The zero-order valence-corrected chi connectivity index (χ0v) is 12.5. The summed E-state index contributed by atoms with van der Waals surface area (Å²) in [7, 11) is 1.66. The van der Waals surface area contributed by atoms with Crippen LogP contribution in [-0.2, 0) is 9.59 Å². The quantitative estimate of drug-likeness (QED) is 0.621. The van der Waals surface area contributed by atoms with E-state index in [1.807, 2.05) is 30.3 Å². The smallest absolute Gasteiger partial charge is 0.312 e. The number of hydrogen-bond acceptors (Lipinski definition) is 2. The maximum Gasteiger partial charge on any atom is 0.312 e. The molecule has 0 N–H and O–H groups in total. The van der Waals surface area contributed by atoms with Crippen LogP contribution in [0.3, 0.4) is 0 Å². The molecule has 0 saturated carbocycles. The van der Waals surface area contributed by atoms with Crippen LogP contribution in [0.5, 0.6) is 0 Å². The van der Waals surface area contributed by atoms with Crippen LogP contribution in [-0.4, -0.2) is 53.6 Å². The van der Waals surface area contributed by atoms with Gasteiger partial charge in [-0.25, -0.2) is 0 Å². The highest BCUT2D eigenvalue weighted by atomic mass is 79.9. The average molecular weight is 325 g/mol. The molecule has 102 valence electrons. The lowest BCUT2D eigenvalue weighted by Crippen LogP contribution is -2.53. The van der Waals surface area contributed by atoms with Gasteiger partial charge in [-0.1, -0.05) is 46.3 Å². The van der Waals surface area contributed by atoms with Gasteiger partial charge in [-0.3, -0.25) is 9.59 Å². The molecule has 4 nitrogen and oxygen atoms in total. The molecule has 2 rings (SSSR count). The number of carbonyl (C=O) groups is 2. The molecule has 0 radical (unpaired) electrons. The van der Waals surface area contributed by atoms with Crippen LogP contribution in [0.4, 0.5) is 0 Å².